The minimum absolute atomic E-state index is 0.166. The zero-order valence-corrected chi connectivity index (χ0v) is 21.6. The molecule has 1 heterocycles. The van der Waals surface area contributed by atoms with Crippen molar-refractivity contribution in [1.29, 1.82) is 5.26 Å². The van der Waals surface area contributed by atoms with Gasteiger partial charge >= 0.3 is 6.09 Å². The highest BCUT2D eigenvalue weighted by Crippen LogP contribution is 2.37. The quantitative estimate of drug-likeness (QED) is 0.325. The normalized spacial score (nSPS) is 10.9. The van der Waals surface area contributed by atoms with E-state index >= 15 is 0 Å². The minimum atomic E-state index is -0.598. The van der Waals surface area contributed by atoms with Crippen LogP contribution in [0.3, 0.4) is 0 Å². The lowest BCUT2D eigenvalue weighted by molar-refractivity contribution is 0.0636. The van der Waals surface area contributed by atoms with Gasteiger partial charge in [0.15, 0.2) is 5.15 Å². The molecule has 0 bridgehead atoms. The van der Waals surface area contributed by atoms with Gasteiger partial charge in [-0.05, 0) is 98.1 Å². The van der Waals surface area contributed by atoms with Gasteiger partial charge in [-0.3, -0.25) is 5.32 Å². The van der Waals surface area contributed by atoms with Gasteiger partial charge in [0.25, 0.3) is 0 Å². The molecule has 0 fully saturated rings. The fourth-order valence-corrected chi connectivity index (χ4v) is 3.40. The maximum atomic E-state index is 12.1. The molecule has 0 aliphatic heterocycles. The molecule has 176 valence electrons. The zero-order chi connectivity index (χ0) is 25.0. The number of aryl methyl sites for hydroxylation is 2. The van der Waals surface area contributed by atoms with Crippen molar-refractivity contribution < 1.29 is 14.3 Å². The van der Waals surface area contributed by atoms with Crippen molar-refractivity contribution in [3.8, 4) is 17.7 Å². The molecule has 0 unspecified atom stereocenters. The SMILES string of the molecule is Cc1cc(NC(=O)OC(C)(C)C)cc(C)c1Oc1nc(Nc2ccc(C#N)cc2)nc(Cl)c1Br. The maximum absolute atomic E-state index is 12.1. The summed E-state index contributed by atoms with van der Waals surface area (Å²) in [5.74, 6) is 1.01. The van der Waals surface area contributed by atoms with Crippen molar-refractivity contribution in [2.45, 2.75) is 40.2 Å². The molecule has 10 heteroatoms. The number of halogens is 2. The summed E-state index contributed by atoms with van der Waals surface area (Å²) in [6, 6.07) is 12.5. The number of anilines is 3. The summed E-state index contributed by atoms with van der Waals surface area (Å²) in [5, 5.41) is 14.9. The number of aromatic nitrogens is 2. The second kappa shape index (κ2) is 10.3. The number of ether oxygens (including phenoxy) is 2. The van der Waals surface area contributed by atoms with Crippen LogP contribution in [0.5, 0.6) is 11.6 Å². The van der Waals surface area contributed by atoms with Gasteiger partial charge in [-0.25, -0.2) is 4.79 Å². The second-order valence-electron chi connectivity index (χ2n) is 8.44. The van der Waals surface area contributed by atoms with E-state index in [1.165, 1.54) is 0 Å². The number of hydrogen-bond acceptors (Lipinski definition) is 7. The van der Waals surface area contributed by atoms with Crippen LogP contribution in [0.15, 0.2) is 40.9 Å². The standard InChI is InChI=1S/C24H23BrClN5O3/c1-13-10-17(29-23(32)34-24(3,4)5)11-14(2)19(13)33-21-18(25)20(26)30-22(31-21)28-16-8-6-15(12-27)7-9-16/h6-11H,1-5H3,(H,29,32)(H,28,30,31). The van der Waals surface area contributed by atoms with E-state index in [0.717, 1.165) is 11.1 Å². The van der Waals surface area contributed by atoms with Gasteiger partial charge in [0.05, 0.1) is 11.6 Å². The van der Waals surface area contributed by atoms with E-state index in [4.69, 9.17) is 26.3 Å². The van der Waals surface area contributed by atoms with Crippen molar-refractivity contribution in [3.05, 3.63) is 62.7 Å². The van der Waals surface area contributed by atoms with E-state index < -0.39 is 11.7 Å². The monoisotopic (exact) mass is 543 g/mol. The number of nitrogens with zero attached hydrogens (tertiary/aromatic N) is 3. The molecule has 2 N–H and O–H groups in total. The Balaban J connectivity index is 1.84. The molecule has 34 heavy (non-hydrogen) atoms. The Hall–Kier alpha value is -3.35. The first kappa shape index (κ1) is 25.3. The van der Waals surface area contributed by atoms with Crippen LogP contribution in [-0.2, 0) is 4.74 Å². The molecule has 0 aliphatic carbocycles. The van der Waals surface area contributed by atoms with E-state index in [-0.39, 0.29) is 17.0 Å². The zero-order valence-electron chi connectivity index (χ0n) is 19.3. The molecule has 1 amide bonds. The Kier molecular flexibility index (Phi) is 7.64. The molecule has 3 aromatic rings. The summed E-state index contributed by atoms with van der Waals surface area (Å²) in [7, 11) is 0. The third kappa shape index (κ3) is 6.59. The van der Waals surface area contributed by atoms with Crippen molar-refractivity contribution in [3.63, 3.8) is 0 Å². The largest absolute Gasteiger partial charge is 0.444 e. The van der Waals surface area contributed by atoms with Gasteiger partial charge in [0, 0.05) is 11.4 Å². The summed E-state index contributed by atoms with van der Waals surface area (Å²) in [6.07, 6.45) is -0.538. The Labute approximate surface area is 211 Å². The molecule has 0 atom stereocenters. The lowest BCUT2D eigenvalue weighted by Gasteiger charge is -2.20. The highest BCUT2D eigenvalue weighted by molar-refractivity contribution is 9.10. The van der Waals surface area contributed by atoms with Crippen LogP contribution >= 0.6 is 27.5 Å². The fourth-order valence-electron chi connectivity index (χ4n) is 2.98. The van der Waals surface area contributed by atoms with E-state index in [9.17, 15) is 4.79 Å². The van der Waals surface area contributed by atoms with Gasteiger partial charge < -0.3 is 14.8 Å². The summed E-state index contributed by atoms with van der Waals surface area (Å²) >= 11 is 9.67. The first-order chi connectivity index (χ1) is 15.9. The molecule has 0 saturated carbocycles. The third-order valence-corrected chi connectivity index (χ3v) is 5.57. The number of amides is 1. The number of rotatable bonds is 5. The highest BCUT2D eigenvalue weighted by Gasteiger charge is 2.19. The highest BCUT2D eigenvalue weighted by atomic mass is 79.9. The van der Waals surface area contributed by atoms with Crippen LogP contribution in [0.2, 0.25) is 5.15 Å². The number of hydrogen-bond donors (Lipinski definition) is 2. The Morgan fingerprint density at radius 3 is 2.26 bits per heavy atom. The molecule has 0 aliphatic rings. The molecule has 0 saturated heterocycles. The molecular formula is C24H23BrClN5O3. The van der Waals surface area contributed by atoms with Gasteiger partial charge in [0.2, 0.25) is 11.8 Å². The van der Waals surface area contributed by atoms with Crippen LogP contribution in [0, 0.1) is 25.2 Å². The Bertz CT molecular complexity index is 1240. The van der Waals surface area contributed by atoms with E-state index in [0.29, 0.717) is 27.2 Å². The lowest BCUT2D eigenvalue weighted by atomic mass is 10.1. The predicted molar refractivity (Wildman–Crippen MR) is 135 cm³/mol. The first-order valence-electron chi connectivity index (χ1n) is 10.2. The molecule has 8 nitrogen and oxygen atoms in total. The van der Waals surface area contributed by atoms with Crippen molar-refractivity contribution in [1.82, 2.24) is 9.97 Å². The summed E-state index contributed by atoms with van der Waals surface area (Å²) in [4.78, 5) is 20.8. The van der Waals surface area contributed by atoms with Gasteiger partial charge in [0.1, 0.15) is 15.8 Å². The minimum Gasteiger partial charge on any atom is -0.444 e. The first-order valence-corrected chi connectivity index (χ1v) is 11.4. The molecule has 0 spiro atoms. The van der Waals surface area contributed by atoms with E-state index in [1.54, 1.807) is 57.2 Å². The Morgan fingerprint density at radius 1 is 1.09 bits per heavy atom. The van der Waals surface area contributed by atoms with E-state index in [1.807, 2.05) is 13.8 Å². The maximum Gasteiger partial charge on any atom is 0.412 e. The lowest BCUT2D eigenvalue weighted by Crippen LogP contribution is -2.27. The average molecular weight is 545 g/mol. The fraction of sp³-hybridized carbons (Fsp3) is 0.250. The summed E-state index contributed by atoms with van der Waals surface area (Å²) < 4.78 is 11.8. The number of carbonyl (C=O) groups excluding carboxylic acids is 1. The van der Waals surface area contributed by atoms with Crippen LogP contribution < -0.4 is 15.4 Å². The number of benzene rings is 2. The molecule has 3 rings (SSSR count). The van der Waals surface area contributed by atoms with Crippen molar-refractivity contribution in [2.75, 3.05) is 10.6 Å². The Morgan fingerprint density at radius 2 is 1.71 bits per heavy atom. The van der Waals surface area contributed by atoms with Gasteiger partial charge in [-0.2, -0.15) is 15.2 Å². The van der Waals surface area contributed by atoms with Crippen LogP contribution in [0.1, 0.15) is 37.5 Å². The summed E-state index contributed by atoms with van der Waals surface area (Å²) in [6.45, 7) is 9.12. The van der Waals surface area contributed by atoms with Crippen LogP contribution in [-0.4, -0.2) is 21.7 Å². The van der Waals surface area contributed by atoms with Crippen LogP contribution in [0.4, 0.5) is 22.1 Å². The van der Waals surface area contributed by atoms with E-state index in [2.05, 4.69) is 42.6 Å². The second-order valence-corrected chi connectivity index (χ2v) is 9.59. The topological polar surface area (TPSA) is 109 Å². The molecule has 0 radical (unpaired) electrons. The van der Waals surface area contributed by atoms with Gasteiger partial charge in [-0.1, -0.05) is 11.6 Å². The average Bonchev–Trinajstić information content (AvgIpc) is 2.73. The van der Waals surface area contributed by atoms with Crippen molar-refractivity contribution >= 4 is 50.9 Å². The number of nitrogens with one attached hydrogen (secondary N) is 2. The molecule has 2 aromatic carbocycles. The predicted octanol–water partition coefficient (Wildman–Crippen LogP) is 7.26. The van der Waals surface area contributed by atoms with Gasteiger partial charge in [-0.15, -0.1) is 0 Å². The van der Waals surface area contributed by atoms with Crippen molar-refractivity contribution in [2.24, 2.45) is 0 Å². The molecule has 1 aromatic heterocycles. The smallest absolute Gasteiger partial charge is 0.412 e. The molecular weight excluding hydrogens is 522 g/mol. The third-order valence-electron chi connectivity index (χ3n) is 4.35. The number of nitriles is 1. The summed E-state index contributed by atoms with van der Waals surface area (Å²) in [5.41, 5.74) is 2.76. The van der Waals surface area contributed by atoms with Crippen LogP contribution in [0.25, 0.3) is 0 Å². The number of carbonyl (C=O) groups is 1.